The van der Waals surface area contributed by atoms with Crippen molar-refractivity contribution in [2.75, 3.05) is 7.05 Å². The molecule has 0 bridgehead atoms. The standard InChI is InChI=1S/C9H11NO/c1-7-3-5-8(6-4-7)9-10(2)11-9/h3-6,9H,1-2H3. The predicted octanol–water partition coefficient (Wildman–Crippen LogP) is 1.87. The number of hydroxylamine groups is 2. The quantitative estimate of drug-likeness (QED) is 0.566. The number of hydrogen-bond acceptors (Lipinski definition) is 2. The van der Waals surface area contributed by atoms with Crippen molar-refractivity contribution in [2.45, 2.75) is 13.2 Å². The summed E-state index contributed by atoms with van der Waals surface area (Å²) in [4.78, 5) is 5.18. The number of rotatable bonds is 1. The third-order valence-electron chi connectivity index (χ3n) is 1.91. The van der Waals surface area contributed by atoms with Crippen molar-refractivity contribution >= 4 is 0 Å². The molecule has 0 aromatic heterocycles. The van der Waals surface area contributed by atoms with Crippen molar-refractivity contribution in [3.05, 3.63) is 35.4 Å². The average molecular weight is 149 g/mol. The molecule has 0 spiro atoms. The van der Waals surface area contributed by atoms with Crippen molar-refractivity contribution in [1.82, 2.24) is 5.06 Å². The van der Waals surface area contributed by atoms with Gasteiger partial charge in [0.25, 0.3) is 0 Å². The van der Waals surface area contributed by atoms with E-state index in [4.69, 9.17) is 4.84 Å². The molecule has 1 aliphatic heterocycles. The first-order chi connectivity index (χ1) is 5.27. The lowest BCUT2D eigenvalue weighted by Gasteiger charge is -1.94. The number of benzene rings is 1. The van der Waals surface area contributed by atoms with Gasteiger partial charge in [-0.1, -0.05) is 29.8 Å². The zero-order chi connectivity index (χ0) is 7.84. The van der Waals surface area contributed by atoms with E-state index in [-0.39, 0.29) is 6.23 Å². The molecular weight excluding hydrogens is 138 g/mol. The van der Waals surface area contributed by atoms with Gasteiger partial charge in [0, 0.05) is 7.05 Å². The molecule has 2 unspecified atom stereocenters. The molecule has 0 radical (unpaired) electrons. The van der Waals surface area contributed by atoms with Gasteiger partial charge in [0.2, 0.25) is 0 Å². The van der Waals surface area contributed by atoms with Crippen LogP contribution < -0.4 is 0 Å². The van der Waals surface area contributed by atoms with Gasteiger partial charge in [0.1, 0.15) is 0 Å². The molecule has 0 amide bonds. The first-order valence-electron chi connectivity index (χ1n) is 3.73. The summed E-state index contributed by atoms with van der Waals surface area (Å²) in [5, 5.41) is 1.84. The molecule has 1 saturated heterocycles. The zero-order valence-electron chi connectivity index (χ0n) is 6.74. The molecule has 0 N–H and O–H groups in total. The van der Waals surface area contributed by atoms with Crippen LogP contribution in [0.15, 0.2) is 24.3 Å². The van der Waals surface area contributed by atoms with Gasteiger partial charge in [-0.15, -0.1) is 0 Å². The summed E-state index contributed by atoms with van der Waals surface area (Å²) in [6.45, 7) is 2.08. The lowest BCUT2D eigenvalue weighted by atomic mass is 10.1. The molecule has 1 aromatic carbocycles. The molecule has 2 heteroatoms. The molecular formula is C9H11NO. The van der Waals surface area contributed by atoms with Crippen LogP contribution in [0.4, 0.5) is 0 Å². The summed E-state index contributed by atoms with van der Waals surface area (Å²) in [5.74, 6) is 0. The molecule has 1 heterocycles. The molecule has 58 valence electrons. The average Bonchev–Trinajstić information content (AvgIpc) is 2.69. The van der Waals surface area contributed by atoms with Gasteiger partial charge in [0.05, 0.1) is 0 Å². The van der Waals surface area contributed by atoms with Gasteiger partial charge in [-0.3, -0.25) is 4.84 Å². The van der Waals surface area contributed by atoms with E-state index in [9.17, 15) is 0 Å². The third kappa shape index (κ3) is 1.27. The van der Waals surface area contributed by atoms with Gasteiger partial charge in [-0.05, 0) is 12.5 Å². The van der Waals surface area contributed by atoms with Crippen molar-refractivity contribution in [1.29, 1.82) is 0 Å². The van der Waals surface area contributed by atoms with Crippen LogP contribution in [0.3, 0.4) is 0 Å². The molecule has 2 nitrogen and oxygen atoms in total. The van der Waals surface area contributed by atoms with Crippen LogP contribution in [0.5, 0.6) is 0 Å². The predicted molar refractivity (Wildman–Crippen MR) is 42.8 cm³/mol. The summed E-state index contributed by atoms with van der Waals surface area (Å²) in [6, 6.07) is 8.41. The van der Waals surface area contributed by atoms with E-state index in [1.807, 2.05) is 12.1 Å². The van der Waals surface area contributed by atoms with Gasteiger partial charge in [0.15, 0.2) is 6.23 Å². The van der Waals surface area contributed by atoms with E-state index in [1.54, 1.807) is 0 Å². The van der Waals surface area contributed by atoms with E-state index >= 15 is 0 Å². The highest BCUT2D eigenvalue weighted by molar-refractivity contribution is 5.23. The SMILES string of the molecule is Cc1ccc(C2ON2C)cc1. The maximum atomic E-state index is 5.18. The summed E-state index contributed by atoms with van der Waals surface area (Å²) in [6.07, 6.45) is 0.204. The normalized spacial score (nSPS) is 28.5. The van der Waals surface area contributed by atoms with Crippen LogP contribution >= 0.6 is 0 Å². The van der Waals surface area contributed by atoms with Gasteiger partial charge >= 0.3 is 0 Å². The van der Waals surface area contributed by atoms with E-state index in [1.165, 1.54) is 11.1 Å². The highest BCUT2D eigenvalue weighted by Gasteiger charge is 2.33. The highest BCUT2D eigenvalue weighted by Crippen LogP contribution is 2.34. The maximum absolute atomic E-state index is 5.18. The van der Waals surface area contributed by atoms with E-state index in [0.717, 1.165) is 0 Å². The second kappa shape index (κ2) is 2.32. The van der Waals surface area contributed by atoms with Crippen molar-refractivity contribution in [3.8, 4) is 0 Å². The molecule has 1 aromatic rings. The number of aryl methyl sites for hydroxylation is 1. The molecule has 1 aliphatic rings. The Labute approximate surface area is 66.3 Å². The van der Waals surface area contributed by atoms with Crippen LogP contribution in [0.25, 0.3) is 0 Å². The Kier molecular flexibility index (Phi) is 1.44. The van der Waals surface area contributed by atoms with Gasteiger partial charge in [-0.2, -0.15) is 5.06 Å². The Morgan fingerprint density at radius 2 is 1.82 bits per heavy atom. The Balaban J connectivity index is 2.21. The fourth-order valence-corrected chi connectivity index (χ4v) is 1.13. The second-order valence-electron chi connectivity index (χ2n) is 2.91. The van der Waals surface area contributed by atoms with Crippen molar-refractivity contribution in [2.24, 2.45) is 0 Å². The fourth-order valence-electron chi connectivity index (χ4n) is 1.13. The smallest absolute Gasteiger partial charge is 0.179 e. The second-order valence-corrected chi connectivity index (χ2v) is 2.91. The molecule has 2 atom stereocenters. The number of hydrogen-bond donors (Lipinski definition) is 0. The Morgan fingerprint density at radius 1 is 1.27 bits per heavy atom. The highest BCUT2D eigenvalue weighted by atomic mass is 16.8. The number of nitrogens with zero attached hydrogens (tertiary/aromatic N) is 1. The lowest BCUT2D eigenvalue weighted by Crippen LogP contribution is -1.87. The molecule has 11 heavy (non-hydrogen) atoms. The lowest BCUT2D eigenvalue weighted by molar-refractivity contribution is 0.233. The minimum absolute atomic E-state index is 0.204. The van der Waals surface area contributed by atoms with Crippen LogP contribution in [0.1, 0.15) is 17.4 Å². The van der Waals surface area contributed by atoms with Gasteiger partial charge < -0.3 is 0 Å². The summed E-state index contributed by atoms with van der Waals surface area (Å²) >= 11 is 0. The Hall–Kier alpha value is -0.860. The van der Waals surface area contributed by atoms with Crippen LogP contribution in [-0.4, -0.2) is 12.1 Å². The van der Waals surface area contributed by atoms with Crippen molar-refractivity contribution in [3.63, 3.8) is 0 Å². The monoisotopic (exact) mass is 149 g/mol. The fraction of sp³-hybridized carbons (Fsp3) is 0.333. The van der Waals surface area contributed by atoms with Crippen LogP contribution in [0, 0.1) is 6.92 Å². The van der Waals surface area contributed by atoms with E-state index < -0.39 is 0 Å². The van der Waals surface area contributed by atoms with E-state index in [0.29, 0.717) is 0 Å². The maximum Gasteiger partial charge on any atom is 0.179 e. The first-order valence-corrected chi connectivity index (χ1v) is 3.73. The largest absolute Gasteiger partial charge is 0.270 e. The minimum atomic E-state index is 0.204. The van der Waals surface area contributed by atoms with Gasteiger partial charge in [-0.25, -0.2) is 0 Å². The third-order valence-corrected chi connectivity index (χ3v) is 1.91. The van der Waals surface area contributed by atoms with Crippen molar-refractivity contribution < 1.29 is 4.84 Å². The zero-order valence-corrected chi connectivity index (χ0v) is 6.74. The Morgan fingerprint density at radius 3 is 2.27 bits per heavy atom. The van der Waals surface area contributed by atoms with Crippen LogP contribution in [0.2, 0.25) is 0 Å². The molecule has 1 fully saturated rings. The van der Waals surface area contributed by atoms with E-state index in [2.05, 4.69) is 31.2 Å². The minimum Gasteiger partial charge on any atom is -0.270 e. The first kappa shape index (κ1) is 6.83. The van der Waals surface area contributed by atoms with Crippen LogP contribution in [-0.2, 0) is 4.84 Å². The summed E-state index contributed by atoms with van der Waals surface area (Å²) in [5.41, 5.74) is 2.52. The summed E-state index contributed by atoms with van der Waals surface area (Å²) < 4.78 is 0. The summed E-state index contributed by atoms with van der Waals surface area (Å²) in [7, 11) is 1.94. The molecule has 0 saturated carbocycles. The molecule has 2 rings (SSSR count). The Bertz CT molecular complexity index is 255. The topological polar surface area (TPSA) is 15.5 Å². The molecule has 0 aliphatic carbocycles.